The van der Waals surface area contributed by atoms with Gasteiger partial charge in [0.1, 0.15) is 0 Å². The molecular weight excluding hydrogens is 464 g/mol. The molecule has 0 bridgehead atoms. The van der Waals surface area contributed by atoms with Gasteiger partial charge >= 0.3 is 5.97 Å². The second-order valence-electron chi connectivity index (χ2n) is 10.1. The highest BCUT2D eigenvalue weighted by molar-refractivity contribution is 5.69. The van der Waals surface area contributed by atoms with Crippen molar-refractivity contribution in [2.24, 2.45) is 0 Å². The zero-order valence-electron chi connectivity index (χ0n) is 25.1. The molecular formula is C36H60O2. The minimum Gasteiger partial charge on any atom is -0.466 e. The fourth-order valence-corrected chi connectivity index (χ4v) is 3.91. The quantitative estimate of drug-likeness (QED) is 0.0606. The summed E-state index contributed by atoms with van der Waals surface area (Å²) in [7, 11) is 0. The van der Waals surface area contributed by atoms with E-state index in [-0.39, 0.29) is 5.97 Å². The summed E-state index contributed by atoms with van der Waals surface area (Å²) in [6, 6.07) is 0. The molecule has 0 fully saturated rings. The van der Waals surface area contributed by atoms with Gasteiger partial charge in [-0.25, -0.2) is 0 Å². The Morgan fingerprint density at radius 1 is 0.447 bits per heavy atom. The van der Waals surface area contributed by atoms with Gasteiger partial charge < -0.3 is 4.74 Å². The SMILES string of the molecule is CCCCC/C=C\C/C=C\C/C=C\CCCCCOC(=O)CCCC/C=C\C/C=C\C/C=C\CCCCC. The van der Waals surface area contributed by atoms with Gasteiger partial charge in [-0.3, -0.25) is 4.79 Å². The molecule has 0 unspecified atom stereocenters. The minimum atomic E-state index is -0.0397. The standard InChI is InChI=1S/C36H60O2/c1-3-5-7-9-11-13-15-17-19-21-23-25-27-29-31-33-35-38-36(37)34-32-30-28-26-24-22-20-18-16-14-12-10-8-6-4-2/h11-14,17-20,23-26H,3-10,15-16,21-22,27-35H2,1-2H3/b13-11-,14-12-,19-17-,20-18-,25-23-,26-24-. The van der Waals surface area contributed by atoms with Crippen molar-refractivity contribution in [3.05, 3.63) is 72.9 Å². The molecule has 0 N–H and O–H groups in total. The molecule has 0 aromatic rings. The Hall–Kier alpha value is -2.09. The Bertz CT molecular complexity index is 663. The van der Waals surface area contributed by atoms with Crippen LogP contribution < -0.4 is 0 Å². The van der Waals surface area contributed by atoms with Gasteiger partial charge in [-0.2, -0.15) is 0 Å². The zero-order valence-corrected chi connectivity index (χ0v) is 25.1. The predicted octanol–water partition coefficient (Wildman–Crippen LogP) is 11.7. The molecule has 0 aliphatic rings. The lowest BCUT2D eigenvalue weighted by atomic mass is 10.1. The van der Waals surface area contributed by atoms with Crippen LogP contribution in [0, 0.1) is 0 Å². The van der Waals surface area contributed by atoms with Crippen molar-refractivity contribution in [2.75, 3.05) is 6.61 Å². The molecule has 0 saturated heterocycles. The Balaban J connectivity index is 3.43. The first-order chi connectivity index (χ1) is 18.8. The first-order valence-corrected chi connectivity index (χ1v) is 15.9. The molecule has 0 aromatic carbocycles. The summed E-state index contributed by atoms with van der Waals surface area (Å²) < 4.78 is 5.38. The highest BCUT2D eigenvalue weighted by Crippen LogP contribution is 2.06. The first kappa shape index (κ1) is 35.9. The van der Waals surface area contributed by atoms with Crippen molar-refractivity contribution < 1.29 is 9.53 Å². The summed E-state index contributed by atoms with van der Waals surface area (Å²) in [6.45, 7) is 5.06. The fourth-order valence-electron chi connectivity index (χ4n) is 3.91. The summed E-state index contributed by atoms with van der Waals surface area (Å²) in [4.78, 5) is 11.9. The zero-order chi connectivity index (χ0) is 27.6. The Labute approximate surface area is 237 Å². The number of esters is 1. The number of allylic oxidation sites excluding steroid dienone is 12. The third kappa shape index (κ3) is 31.9. The first-order valence-electron chi connectivity index (χ1n) is 15.9. The van der Waals surface area contributed by atoms with E-state index in [1.807, 2.05) is 0 Å². The smallest absolute Gasteiger partial charge is 0.305 e. The second kappa shape index (κ2) is 32.9. The van der Waals surface area contributed by atoms with Crippen molar-refractivity contribution in [2.45, 2.75) is 142 Å². The van der Waals surface area contributed by atoms with Gasteiger partial charge in [0.15, 0.2) is 0 Å². The van der Waals surface area contributed by atoms with E-state index in [1.54, 1.807) is 0 Å². The molecule has 0 rings (SSSR count). The number of hydrogen-bond acceptors (Lipinski definition) is 2. The number of unbranched alkanes of at least 4 members (excludes halogenated alkanes) is 11. The lowest BCUT2D eigenvalue weighted by Crippen LogP contribution is -2.05. The summed E-state index contributed by atoms with van der Waals surface area (Å²) in [5, 5.41) is 0. The van der Waals surface area contributed by atoms with Crippen molar-refractivity contribution >= 4 is 5.97 Å². The van der Waals surface area contributed by atoms with Gasteiger partial charge in [0.05, 0.1) is 6.61 Å². The normalized spacial score (nSPS) is 12.6. The molecule has 0 radical (unpaired) electrons. The van der Waals surface area contributed by atoms with Gasteiger partial charge in [-0.15, -0.1) is 0 Å². The van der Waals surface area contributed by atoms with E-state index in [2.05, 4.69) is 86.8 Å². The molecule has 216 valence electrons. The van der Waals surface area contributed by atoms with E-state index < -0.39 is 0 Å². The third-order valence-corrected chi connectivity index (χ3v) is 6.32. The monoisotopic (exact) mass is 524 g/mol. The van der Waals surface area contributed by atoms with Gasteiger partial charge in [0, 0.05) is 6.42 Å². The van der Waals surface area contributed by atoms with Crippen LogP contribution in [0.15, 0.2) is 72.9 Å². The van der Waals surface area contributed by atoms with Crippen LogP contribution in [0.25, 0.3) is 0 Å². The highest BCUT2D eigenvalue weighted by atomic mass is 16.5. The molecule has 0 aliphatic heterocycles. The van der Waals surface area contributed by atoms with Crippen molar-refractivity contribution in [1.29, 1.82) is 0 Å². The van der Waals surface area contributed by atoms with Crippen LogP contribution in [-0.2, 0) is 9.53 Å². The molecule has 0 aromatic heterocycles. The largest absolute Gasteiger partial charge is 0.466 e. The predicted molar refractivity (Wildman–Crippen MR) is 169 cm³/mol. The molecule has 0 spiro atoms. The van der Waals surface area contributed by atoms with E-state index in [9.17, 15) is 4.79 Å². The lowest BCUT2D eigenvalue weighted by Gasteiger charge is -2.04. The summed E-state index contributed by atoms with van der Waals surface area (Å²) in [6.07, 6.45) is 49.4. The van der Waals surface area contributed by atoms with Gasteiger partial charge in [-0.05, 0) is 96.3 Å². The van der Waals surface area contributed by atoms with E-state index in [4.69, 9.17) is 4.74 Å². The minimum absolute atomic E-state index is 0.0397. The van der Waals surface area contributed by atoms with Crippen LogP contribution in [0.4, 0.5) is 0 Å². The van der Waals surface area contributed by atoms with E-state index in [0.29, 0.717) is 13.0 Å². The number of hydrogen-bond donors (Lipinski definition) is 0. The maximum Gasteiger partial charge on any atom is 0.305 e. The van der Waals surface area contributed by atoms with Crippen LogP contribution in [0.3, 0.4) is 0 Å². The second-order valence-corrected chi connectivity index (χ2v) is 10.1. The molecule has 0 heterocycles. The van der Waals surface area contributed by atoms with E-state index in [1.165, 1.54) is 51.4 Å². The van der Waals surface area contributed by atoms with Crippen molar-refractivity contribution in [1.82, 2.24) is 0 Å². The Kier molecular flexibility index (Phi) is 31.1. The lowest BCUT2D eigenvalue weighted by molar-refractivity contribution is -0.143. The van der Waals surface area contributed by atoms with Gasteiger partial charge in [0.25, 0.3) is 0 Å². The number of carbonyl (C=O) groups is 1. The van der Waals surface area contributed by atoms with Crippen molar-refractivity contribution in [3.63, 3.8) is 0 Å². The van der Waals surface area contributed by atoms with E-state index >= 15 is 0 Å². The Morgan fingerprint density at radius 2 is 0.816 bits per heavy atom. The molecule has 0 atom stereocenters. The van der Waals surface area contributed by atoms with Gasteiger partial charge in [-0.1, -0.05) is 112 Å². The topological polar surface area (TPSA) is 26.3 Å². The summed E-state index contributed by atoms with van der Waals surface area (Å²) in [5.74, 6) is -0.0397. The third-order valence-electron chi connectivity index (χ3n) is 6.32. The van der Waals surface area contributed by atoms with Gasteiger partial charge in [0.2, 0.25) is 0 Å². The summed E-state index contributed by atoms with van der Waals surface area (Å²) >= 11 is 0. The molecule has 2 heteroatoms. The number of carbonyl (C=O) groups excluding carboxylic acids is 1. The summed E-state index contributed by atoms with van der Waals surface area (Å²) in [5.41, 5.74) is 0. The van der Waals surface area contributed by atoms with Crippen molar-refractivity contribution in [3.8, 4) is 0 Å². The van der Waals surface area contributed by atoms with E-state index in [0.717, 1.165) is 70.6 Å². The van der Waals surface area contributed by atoms with Crippen LogP contribution in [0.5, 0.6) is 0 Å². The fraction of sp³-hybridized carbons (Fsp3) is 0.639. The maximum absolute atomic E-state index is 11.9. The van der Waals surface area contributed by atoms with Crippen LogP contribution in [-0.4, -0.2) is 12.6 Å². The molecule has 0 aliphatic carbocycles. The number of rotatable bonds is 27. The maximum atomic E-state index is 11.9. The average Bonchev–Trinajstić information content (AvgIpc) is 2.92. The Morgan fingerprint density at radius 3 is 1.24 bits per heavy atom. The molecule has 0 saturated carbocycles. The van der Waals surface area contributed by atoms with Crippen LogP contribution in [0.1, 0.15) is 142 Å². The number of ether oxygens (including phenoxy) is 1. The average molecular weight is 525 g/mol. The molecule has 0 amide bonds. The molecule has 38 heavy (non-hydrogen) atoms. The molecule has 2 nitrogen and oxygen atoms in total. The highest BCUT2D eigenvalue weighted by Gasteiger charge is 2.01. The van der Waals surface area contributed by atoms with Crippen LogP contribution >= 0.6 is 0 Å². The van der Waals surface area contributed by atoms with Crippen LogP contribution in [0.2, 0.25) is 0 Å².